The van der Waals surface area contributed by atoms with E-state index >= 15 is 0 Å². The molecule has 0 fully saturated rings. The van der Waals surface area contributed by atoms with Gasteiger partial charge in [-0.15, -0.1) is 0 Å². The Balaban J connectivity index is 3.29. The van der Waals surface area contributed by atoms with Crippen LogP contribution in [0.15, 0.2) is 23.2 Å². The molecule has 0 saturated heterocycles. The lowest BCUT2D eigenvalue weighted by Crippen LogP contribution is -2.16. The van der Waals surface area contributed by atoms with Gasteiger partial charge >= 0.3 is 6.18 Å². The van der Waals surface area contributed by atoms with E-state index in [0.717, 1.165) is 12.1 Å². The minimum Gasteiger partial charge on any atom is -0.496 e. The van der Waals surface area contributed by atoms with Crippen molar-refractivity contribution in [2.75, 3.05) is 7.11 Å². The summed E-state index contributed by atoms with van der Waals surface area (Å²) in [5.74, 6) is 0.129. The standard InChI is InChI=1S/C9H6ClF3N2O3/c1-18-5-2-3-6(7(4-5)15(16)17)14-8(10)9(11,12)13/h2-4H,1H3. The number of alkyl halides is 3. The molecule has 18 heavy (non-hydrogen) atoms. The summed E-state index contributed by atoms with van der Waals surface area (Å²) in [6.07, 6.45) is -4.85. The van der Waals surface area contributed by atoms with Crippen LogP contribution in [-0.4, -0.2) is 23.4 Å². The fourth-order valence-corrected chi connectivity index (χ4v) is 1.13. The van der Waals surface area contributed by atoms with E-state index in [1.165, 1.54) is 13.2 Å². The van der Waals surface area contributed by atoms with Crippen LogP contribution in [0, 0.1) is 10.1 Å². The summed E-state index contributed by atoms with van der Waals surface area (Å²) in [6.45, 7) is 0. The smallest absolute Gasteiger partial charge is 0.444 e. The van der Waals surface area contributed by atoms with Gasteiger partial charge in [-0.3, -0.25) is 10.1 Å². The van der Waals surface area contributed by atoms with Gasteiger partial charge < -0.3 is 4.74 Å². The monoisotopic (exact) mass is 282 g/mol. The van der Waals surface area contributed by atoms with Gasteiger partial charge in [0.1, 0.15) is 11.4 Å². The van der Waals surface area contributed by atoms with Crippen LogP contribution >= 0.6 is 11.6 Å². The molecule has 0 N–H and O–H groups in total. The molecular formula is C9H6ClF3N2O3. The second kappa shape index (κ2) is 5.21. The number of ether oxygens (including phenoxy) is 1. The third-order valence-electron chi connectivity index (χ3n) is 1.83. The zero-order chi connectivity index (χ0) is 13.9. The van der Waals surface area contributed by atoms with Crippen molar-refractivity contribution in [3.05, 3.63) is 28.3 Å². The molecule has 0 amide bonds. The number of nitro groups is 1. The van der Waals surface area contributed by atoms with Crippen molar-refractivity contribution >= 4 is 28.1 Å². The second-order valence-corrected chi connectivity index (χ2v) is 3.37. The van der Waals surface area contributed by atoms with E-state index in [9.17, 15) is 23.3 Å². The first kappa shape index (κ1) is 14.2. The summed E-state index contributed by atoms with van der Waals surface area (Å²) < 4.78 is 41.2. The van der Waals surface area contributed by atoms with Crippen molar-refractivity contribution in [2.45, 2.75) is 6.18 Å². The maximum atomic E-state index is 12.2. The highest BCUT2D eigenvalue weighted by molar-refractivity contribution is 6.67. The average Bonchev–Trinajstić information content (AvgIpc) is 2.27. The van der Waals surface area contributed by atoms with E-state index in [1.807, 2.05) is 0 Å². The minimum atomic E-state index is -4.85. The third kappa shape index (κ3) is 3.33. The SMILES string of the molecule is COc1ccc(N=C(Cl)C(F)(F)F)c([N+](=O)[O-])c1. The summed E-state index contributed by atoms with van der Waals surface area (Å²) >= 11 is 4.91. The second-order valence-electron chi connectivity index (χ2n) is 3.01. The van der Waals surface area contributed by atoms with E-state index in [-0.39, 0.29) is 5.75 Å². The predicted octanol–water partition coefficient (Wildman–Crippen LogP) is 3.43. The van der Waals surface area contributed by atoms with Crippen molar-refractivity contribution in [3.63, 3.8) is 0 Å². The molecule has 98 valence electrons. The Morgan fingerprint density at radius 3 is 2.56 bits per heavy atom. The number of nitrogens with zero attached hydrogens (tertiary/aromatic N) is 2. The Bertz CT molecular complexity index is 502. The summed E-state index contributed by atoms with van der Waals surface area (Å²) in [7, 11) is 1.27. The van der Waals surface area contributed by atoms with E-state index in [4.69, 9.17) is 16.3 Å². The average molecular weight is 283 g/mol. The van der Waals surface area contributed by atoms with Crippen LogP contribution in [-0.2, 0) is 0 Å². The predicted molar refractivity (Wildman–Crippen MR) is 58.7 cm³/mol. The normalized spacial score (nSPS) is 12.4. The number of nitro benzene ring substituents is 1. The molecule has 0 spiro atoms. The fourth-order valence-electron chi connectivity index (χ4n) is 1.04. The lowest BCUT2D eigenvalue weighted by molar-refractivity contribution is -0.384. The molecule has 0 atom stereocenters. The van der Waals surface area contributed by atoms with Gasteiger partial charge in [0, 0.05) is 0 Å². The molecule has 0 radical (unpaired) electrons. The Labute approximate surface area is 104 Å². The molecule has 0 saturated carbocycles. The largest absolute Gasteiger partial charge is 0.496 e. The Kier molecular flexibility index (Phi) is 4.12. The maximum Gasteiger partial charge on any atom is 0.444 e. The van der Waals surface area contributed by atoms with Gasteiger partial charge in [-0.1, -0.05) is 11.6 Å². The lowest BCUT2D eigenvalue weighted by atomic mass is 10.2. The van der Waals surface area contributed by atoms with Gasteiger partial charge in [0.2, 0.25) is 5.17 Å². The highest BCUT2D eigenvalue weighted by Gasteiger charge is 2.35. The van der Waals surface area contributed by atoms with Gasteiger partial charge in [-0.25, -0.2) is 4.99 Å². The molecule has 1 rings (SSSR count). The van der Waals surface area contributed by atoms with Gasteiger partial charge in [-0.2, -0.15) is 13.2 Å². The fraction of sp³-hybridized carbons (Fsp3) is 0.222. The quantitative estimate of drug-likeness (QED) is 0.484. The van der Waals surface area contributed by atoms with Gasteiger partial charge in [-0.05, 0) is 12.1 Å². The van der Waals surface area contributed by atoms with Crippen molar-refractivity contribution in [1.82, 2.24) is 0 Å². The van der Waals surface area contributed by atoms with E-state index in [0.29, 0.717) is 0 Å². The first-order valence-electron chi connectivity index (χ1n) is 4.39. The topological polar surface area (TPSA) is 64.7 Å². The zero-order valence-electron chi connectivity index (χ0n) is 8.86. The van der Waals surface area contributed by atoms with Crippen molar-refractivity contribution in [3.8, 4) is 5.75 Å². The Morgan fingerprint density at radius 1 is 1.50 bits per heavy atom. The Hall–Kier alpha value is -1.83. The van der Waals surface area contributed by atoms with Crippen molar-refractivity contribution in [1.29, 1.82) is 0 Å². The summed E-state index contributed by atoms with van der Waals surface area (Å²) in [6, 6.07) is 3.22. The van der Waals surface area contributed by atoms with Crippen LogP contribution in [0.5, 0.6) is 5.75 Å². The molecular weight excluding hydrogens is 277 g/mol. The number of hydrogen-bond acceptors (Lipinski definition) is 4. The third-order valence-corrected chi connectivity index (χ3v) is 2.13. The van der Waals surface area contributed by atoms with Gasteiger partial charge in [0.15, 0.2) is 0 Å². The van der Waals surface area contributed by atoms with Crippen LogP contribution in [0.3, 0.4) is 0 Å². The molecule has 5 nitrogen and oxygen atoms in total. The highest BCUT2D eigenvalue weighted by atomic mass is 35.5. The summed E-state index contributed by atoms with van der Waals surface area (Å²) in [5.41, 5.74) is -1.13. The number of methoxy groups -OCH3 is 1. The number of benzene rings is 1. The van der Waals surface area contributed by atoms with Crippen LogP contribution in [0.4, 0.5) is 24.5 Å². The first-order valence-corrected chi connectivity index (χ1v) is 4.77. The van der Waals surface area contributed by atoms with Gasteiger partial charge in [0.05, 0.1) is 18.1 Å². The summed E-state index contributed by atoms with van der Waals surface area (Å²) in [5, 5.41) is 8.99. The molecule has 0 aliphatic heterocycles. The molecule has 0 aliphatic rings. The van der Waals surface area contributed by atoms with Crippen molar-refractivity contribution in [2.24, 2.45) is 4.99 Å². The van der Waals surface area contributed by atoms with Crippen LogP contribution in [0.25, 0.3) is 0 Å². The lowest BCUT2D eigenvalue weighted by Gasteiger charge is -2.04. The van der Waals surface area contributed by atoms with Crippen LogP contribution < -0.4 is 4.74 Å². The molecule has 0 aromatic heterocycles. The number of halogens is 4. The first-order chi connectivity index (χ1) is 8.25. The van der Waals surface area contributed by atoms with Crippen LogP contribution in [0.2, 0.25) is 0 Å². The molecule has 1 aromatic rings. The number of aliphatic imine (C=N–C) groups is 1. The molecule has 1 aromatic carbocycles. The Morgan fingerprint density at radius 2 is 2.11 bits per heavy atom. The van der Waals surface area contributed by atoms with E-state index < -0.39 is 27.6 Å². The molecule has 9 heteroatoms. The molecule has 0 aliphatic carbocycles. The van der Waals surface area contributed by atoms with E-state index in [1.54, 1.807) is 0 Å². The molecule has 0 heterocycles. The summed E-state index contributed by atoms with van der Waals surface area (Å²) in [4.78, 5) is 12.8. The maximum absolute atomic E-state index is 12.2. The van der Waals surface area contributed by atoms with Crippen molar-refractivity contribution < 1.29 is 22.8 Å². The van der Waals surface area contributed by atoms with Gasteiger partial charge in [0.25, 0.3) is 5.69 Å². The molecule has 0 unspecified atom stereocenters. The number of rotatable bonds is 3. The molecule has 0 bridgehead atoms. The highest BCUT2D eigenvalue weighted by Crippen LogP contribution is 2.33. The number of hydrogen-bond donors (Lipinski definition) is 0. The zero-order valence-corrected chi connectivity index (χ0v) is 9.62. The van der Waals surface area contributed by atoms with Crippen LogP contribution in [0.1, 0.15) is 0 Å². The van der Waals surface area contributed by atoms with E-state index in [2.05, 4.69) is 4.99 Å². The minimum absolute atomic E-state index is 0.129.